The molecule has 0 heterocycles. The number of ketones is 1. The number of benzene rings is 1. The van der Waals surface area contributed by atoms with E-state index in [1.807, 2.05) is 19.9 Å². The quantitative estimate of drug-likeness (QED) is 0.803. The van der Waals surface area contributed by atoms with Crippen molar-refractivity contribution in [3.63, 3.8) is 0 Å². The van der Waals surface area contributed by atoms with E-state index < -0.39 is 0 Å². The first-order chi connectivity index (χ1) is 10.7. The first kappa shape index (κ1) is 17.9. The molecule has 2 rings (SSSR count). The minimum atomic E-state index is 0.0657. The molecule has 1 heteroatoms. The van der Waals surface area contributed by atoms with Crippen molar-refractivity contribution in [1.82, 2.24) is 0 Å². The molecule has 1 aromatic carbocycles. The van der Waals surface area contributed by atoms with Crippen LogP contribution in [0.4, 0.5) is 0 Å². The lowest BCUT2D eigenvalue weighted by Crippen LogP contribution is -2.30. The molecular formula is C21H26O. The van der Waals surface area contributed by atoms with Crippen LogP contribution in [-0.4, -0.2) is 5.78 Å². The van der Waals surface area contributed by atoms with Crippen LogP contribution in [0.1, 0.15) is 56.5 Å². The van der Waals surface area contributed by atoms with E-state index in [-0.39, 0.29) is 5.78 Å². The van der Waals surface area contributed by atoms with Gasteiger partial charge in [-0.1, -0.05) is 77.3 Å². The van der Waals surface area contributed by atoms with Gasteiger partial charge in [0.2, 0.25) is 0 Å². The summed E-state index contributed by atoms with van der Waals surface area (Å²) in [5.74, 6) is 0.0657. The number of carbonyl (C=O) groups is 1. The van der Waals surface area contributed by atoms with Gasteiger partial charge in [-0.05, 0) is 34.4 Å². The monoisotopic (exact) mass is 294 g/mol. The minimum absolute atomic E-state index is 0.0657. The lowest BCUT2D eigenvalue weighted by molar-refractivity contribution is 0.104. The van der Waals surface area contributed by atoms with Crippen molar-refractivity contribution in [2.45, 2.75) is 40.5 Å². The van der Waals surface area contributed by atoms with Gasteiger partial charge in [-0.15, -0.1) is 0 Å². The Balaban J connectivity index is 0.00000116. The topological polar surface area (TPSA) is 17.1 Å². The van der Waals surface area contributed by atoms with E-state index in [4.69, 9.17) is 0 Å². The second-order valence-electron chi connectivity index (χ2n) is 4.78. The average Bonchev–Trinajstić information content (AvgIpc) is 2.83. The van der Waals surface area contributed by atoms with Crippen LogP contribution < -0.4 is 10.4 Å². The Morgan fingerprint density at radius 1 is 0.955 bits per heavy atom. The van der Waals surface area contributed by atoms with Gasteiger partial charge in [0.1, 0.15) is 0 Å². The molecule has 0 aliphatic heterocycles. The van der Waals surface area contributed by atoms with Crippen LogP contribution in [-0.2, 0) is 0 Å². The zero-order valence-electron chi connectivity index (χ0n) is 14.2. The molecule has 0 fully saturated rings. The minimum Gasteiger partial charge on any atom is -0.289 e. The molecule has 0 radical (unpaired) electrons. The summed E-state index contributed by atoms with van der Waals surface area (Å²) in [5, 5.41) is 2.18. The van der Waals surface area contributed by atoms with Crippen LogP contribution in [0.15, 0.2) is 43.0 Å². The zero-order chi connectivity index (χ0) is 16.7. The molecule has 0 saturated carbocycles. The molecule has 0 saturated heterocycles. The Kier molecular flexibility index (Phi) is 6.78. The van der Waals surface area contributed by atoms with Gasteiger partial charge in [0, 0.05) is 11.1 Å². The highest BCUT2D eigenvalue weighted by atomic mass is 16.1. The van der Waals surface area contributed by atoms with Crippen molar-refractivity contribution in [3.05, 3.63) is 64.6 Å². The summed E-state index contributed by atoms with van der Waals surface area (Å²) >= 11 is 0. The van der Waals surface area contributed by atoms with Gasteiger partial charge in [-0.25, -0.2) is 0 Å². The number of hydrogen-bond donors (Lipinski definition) is 0. The number of hydrogen-bond acceptors (Lipinski definition) is 1. The van der Waals surface area contributed by atoms with Gasteiger partial charge < -0.3 is 0 Å². The predicted octanol–water partition coefficient (Wildman–Crippen LogP) is 4.42. The van der Waals surface area contributed by atoms with Gasteiger partial charge in [0.05, 0.1) is 0 Å². The SMILES string of the molecule is C=CC1=C(C=C)c2ccc(=C/CC)/c(=C\CC)c2C1=O.CC. The molecule has 0 atom stereocenters. The molecule has 0 aromatic heterocycles. The highest BCUT2D eigenvalue weighted by molar-refractivity contribution is 6.23. The Labute approximate surface area is 134 Å². The highest BCUT2D eigenvalue weighted by Crippen LogP contribution is 2.31. The number of allylic oxidation sites excluding steroid dienone is 4. The summed E-state index contributed by atoms with van der Waals surface area (Å²) in [6.45, 7) is 15.8. The number of Topliss-reactive ketones (excluding diaryl/α,β-unsaturated/α-hetero) is 1. The van der Waals surface area contributed by atoms with E-state index in [0.717, 1.165) is 40.0 Å². The Hall–Kier alpha value is -2.15. The first-order valence-corrected chi connectivity index (χ1v) is 8.07. The standard InChI is InChI=1S/C19H20O.C2H6/c1-5-9-13-11-12-17-14(7-3)15(8-4)19(20)18(17)16(13)10-6-2;1-2/h7-12H,3-6H2,1-2H3;1-2H3/b13-9-,16-10+;. The first-order valence-electron chi connectivity index (χ1n) is 8.07. The summed E-state index contributed by atoms with van der Waals surface area (Å²) in [5.41, 5.74) is 3.34. The summed E-state index contributed by atoms with van der Waals surface area (Å²) in [6, 6.07) is 4.11. The second kappa shape index (κ2) is 8.33. The lowest BCUT2D eigenvalue weighted by atomic mass is 10.00. The molecule has 116 valence electrons. The third-order valence-corrected chi connectivity index (χ3v) is 3.57. The fourth-order valence-corrected chi connectivity index (χ4v) is 2.75. The van der Waals surface area contributed by atoms with E-state index in [1.54, 1.807) is 12.2 Å². The molecule has 1 aromatic rings. The number of carbonyl (C=O) groups excluding carboxylic acids is 1. The van der Waals surface area contributed by atoms with E-state index in [2.05, 4.69) is 45.2 Å². The van der Waals surface area contributed by atoms with Crippen molar-refractivity contribution in [2.24, 2.45) is 0 Å². The summed E-state index contributed by atoms with van der Waals surface area (Å²) in [7, 11) is 0. The average molecular weight is 294 g/mol. The molecule has 0 amide bonds. The highest BCUT2D eigenvalue weighted by Gasteiger charge is 2.27. The van der Waals surface area contributed by atoms with E-state index >= 15 is 0 Å². The number of rotatable bonds is 4. The molecular weight excluding hydrogens is 268 g/mol. The van der Waals surface area contributed by atoms with Crippen molar-refractivity contribution in [2.75, 3.05) is 0 Å². The van der Waals surface area contributed by atoms with Crippen molar-refractivity contribution in [1.29, 1.82) is 0 Å². The second-order valence-corrected chi connectivity index (χ2v) is 4.78. The molecule has 0 N–H and O–H groups in total. The summed E-state index contributed by atoms with van der Waals surface area (Å²) in [4.78, 5) is 12.6. The summed E-state index contributed by atoms with van der Waals surface area (Å²) in [6.07, 6.45) is 9.53. The molecule has 1 aliphatic rings. The van der Waals surface area contributed by atoms with Crippen LogP contribution in [0.2, 0.25) is 0 Å². The molecule has 0 spiro atoms. The zero-order valence-corrected chi connectivity index (χ0v) is 14.2. The smallest absolute Gasteiger partial charge is 0.194 e. The van der Waals surface area contributed by atoms with Crippen molar-refractivity contribution in [3.8, 4) is 0 Å². The van der Waals surface area contributed by atoms with Crippen LogP contribution in [0, 0.1) is 0 Å². The maximum Gasteiger partial charge on any atom is 0.194 e. The predicted molar refractivity (Wildman–Crippen MR) is 98.2 cm³/mol. The van der Waals surface area contributed by atoms with Gasteiger partial charge in [0.25, 0.3) is 0 Å². The fourth-order valence-electron chi connectivity index (χ4n) is 2.75. The molecule has 1 nitrogen and oxygen atoms in total. The van der Waals surface area contributed by atoms with E-state index in [0.29, 0.717) is 5.57 Å². The normalized spacial score (nSPS) is 14.6. The van der Waals surface area contributed by atoms with Crippen molar-refractivity contribution >= 4 is 23.5 Å². The van der Waals surface area contributed by atoms with E-state index in [9.17, 15) is 4.79 Å². The van der Waals surface area contributed by atoms with Gasteiger partial charge >= 0.3 is 0 Å². The Bertz CT molecular complexity index is 730. The van der Waals surface area contributed by atoms with Gasteiger partial charge in [0.15, 0.2) is 5.78 Å². The summed E-state index contributed by atoms with van der Waals surface area (Å²) < 4.78 is 0. The molecule has 1 aliphatic carbocycles. The third kappa shape index (κ3) is 3.04. The van der Waals surface area contributed by atoms with E-state index in [1.165, 1.54) is 0 Å². The van der Waals surface area contributed by atoms with Crippen LogP contribution in [0.25, 0.3) is 17.7 Å². The number of fused-ring (bicyclic) bond motifs is 1. The maximum absolute atomic E-state index is 12.6. The fraction of sp³-hybridized carbons (Fsp3) is 0.286. The molecule has 0 unspecified atom stereocenters. The lowest BCUT2D eigenvalue weighted by Gasteiger charge is -2.03. The molecule has 0 bridgehead atoms. The van der Waals surface area contributed by atoms with Gasteiger partial charge in [-0.3, -0.25) is 4.79 Å². The Morgan fingerprint density at radius 2 is 1.55 bits per heavy atom. The van der Waals surface area contributed by atoms with Crippen LogP contribution in [0.3, 0.4) is 0 Å². The maximum atomic E-state index is 12.6. The van der Waals surface area contributed by atoms with Crippen LogP contribution in [0.5, 0.6) is 0 Å². The molecule has 22 heavy (non-hydrogen) atoms. The van der Waals surface area contributed by atoms with Crippen molar-refractivity contribution < 1.29 is 4.79 Å². The van der Waals surface area contributed by atoms with Gasteiger partial charge in [-0.2, -0.15) is 0 Å². The third-order valence-electron chi connectivity index (χ3n) is 3.57. The Morgan fingerprint density at radius 3 is 2.05 bits per heavy atom. The van der Waals surface area contributed by atoms with Crippen LogP contribution >= 0.6 is 0 Å². The largest absolute Gasteiger partial charge is 0.289 e.